The van der Waals surface area contributed by atoms with E-state index >= 15 is 0 Å². The number of para-hydroxylation sites is 1. The number of hydrogen-bond donors (Lipinski definition) is 1. The van der Waals surface area contributed by atoms with Crippen molar-refractivity contribution in [2.24, 2.45) is 0 Å². The molecule has 2 amide bonds. The third kappa shape index (κ3) is 4.96. The molecule has 2 aromatic rings. The quantitative estimate of drug-likeness (QED) is 0.882. The largest absolute Gasteiger partial charge is 0.322 e. The van der Waals surface area contributed by atoms with Crippen LogP contribution in [0.25, 0.3) is 6.08 Å². The monoisotopic (exact) mass is 349 g/mol. The molecule has 0 aromatic heterocycles. The molecule has 0 spiro atoms. The Hall–Kier alpha value is -2.59. The van der Waals surface area contributed by atoms with Crippen LogP contribution < -0.4 is 5.32 Å². The van der Waals surface area contributed by atoms with E-state index in [-0.39, 0.29) is 6.03 Å². The second kappa shape index (κ2) is 9.20. The molecular weight excluding hydrogens is 322 g/mol. The molecule has 26 heavy (non-hydrogen) atoms. The number of rotatable bonds is 5. The molecule has 0 bridgehead atoms. The number of piperazine rings is 1. The van der Waals surface area contributed by atoms with Gasteiger partial charge in [0.25, 0.3) is 0 Å². The standard InChI is InChI=1S/C22H27N3O/c1-2-20-12-6-7-13-21(20)23-22(26)25-17-15-24(16-18-25)14-8-11-19-9-4-3-5-10-19/h3-13H,2,14-18H2,1H3,(H,23,26). The summed E-state index contributed by atoms with van der Waals surface area (Å²) < 4.78 is 0. The van der Waals surface area contributed by atoms with Gasteiger partial charge in [-0.25, -0.2) is 4.79 Å². The Morgan fingerprint density at radius 3 is 2.42 bits per heavy atom. The Bertz CT molecular complexity index is 734. The zero-order valence-corrected chi connectivity index (χ0v) is 15.4. The number of benzene rings is 2. The molecular formula is C22H27N3O. The van der Waals surface area contributed by atoms with Crippen LogP contribution in [0.4, 0.5) is 10.5 Å². The molecule has 4 heteroatoms. The molecule has 0 saturated carbocycles. The van der Waals surface area contributed by atoms with Crippen LogP contribution in [0, 0.1) is 0 Å². The highest BCUT2D eigenvalue weighted by Gasteiger charge is 2.20. The topological polar surface area (TPSA) is 35.6 Å². The fourth-order valence-electron chi connectivity index (χ4n) is 3.18. The van der Waals surface area contributed by atoms with Gasteiger partial charge >= 0.3 is 6.03 Å². The van der Waals surface area contributed by atoms with Crippen LogP contribution in [0.5, 0.6) is 0 Å². The molecule has 1 aliphatic rings. The number of anilines is 1. The summed E-state index contributed by atoms with van der Waals surface area (Å²) in [7, 11) is 0. The van der Waals surface area contributed by atoms with Crippen LogP contribution in [0.1, 0.15) is 18.1 Å². The maximum absolute atomic E-state index is 12.5. The average Bonchev–Trinajstić information content (AvgIpc) is 2.70. The van der Waals surface area contributed by atoms with Gasteiger partial charge in [0.05, 0.1) is 0 Å². The molecule has 1 saturated heterocycles. The lowest BCUT2D eigenvalue weighted by Crippen LogP contribution is -2.50. The summed E-state index contributed by atoms with van der Waals surface area (Å²) >= 11 is 0. The summed E-state index contributed by atoms with van der Waals surface area (Å²) in [6.45, 7) is 6.36. The fourth-order valence-corrected chi connectivity index (χ4v) is 3.18. The molecule has 1 N–H and O–H groups in total. The number of amides is 2. The van der Waals surface area contributed by atoms with E-state index in [1.807, 2.05) is 41.3 Å². The predicted octanol–water partition coefficient (Wildman–Crippen LogP) is 4.11. The zero-order chi connectivity index (χ0) is 18.2. The molecule has 3 rings (SSSR count). The van der Waals surface area contributed by atoms with E-state index < -0.39 is 0 Å². The smallest absolute Gasteiger partial charge is 0.321 e. The maximum Gasteiger partial charge on any atom is 0.321 e. The first-order valence-corrected chi connectivity index (χ1v) is 9.34. The average molecular weight is 349 g/mol. The normalized spacial score (nSPS) is 15.3. The van der Waals surface area contributed by atoms with Gasteiger partial charge in [0.15, 0.2) is 0 Å². The minimum Gasteiger partial charge on any atom is -0.322 e. The van der Waals surface area contributed by atoms with E-state index in [1.54, 1.807) is 0 Å². The van der Waals surface area contributed by atoms with Crippen molar-refractivity contribution in [3.05, 3.63) is 71.8 Å². The summed E-state index contributed by atoms with van der Waals surface area (Å²) in [6, 6.07) is 18.4. The Morgan fingerprint density at radius 2 is 1.69 bits per heavy atom. The van der Waals surface area contributed by atoms with Crippen molar-refractivity contribution in [1.29, 1.82) is 0 Å². The van der Waals surface area contributed by atoms with Crippen molar-refractivity contribution in [2.75, 3.05) is 38.0 Å². The number of carbonyl (C=O) groups excluding carboxylic acids is 1. The van der Waals surface area contributed by atoms with Gasteiger partial charge in [0, 0.05) is 38.4 Å². The SMILES string of the molecule is CCc1ccccc1NC(=O)N1CCN(CC=Cc2ccccc2)CC1. The van der Waals surface area contributed by atoms with E-state index in [2.05, 4.69) is 47.5 Å². The third-order valence-corrected chi connectivity index (χ3v) is 4.77. The molecule has 136 valence electrons. The second-order valence-corrected chi connectivity index (χ2v) is 6.54. The highest BCUT2D eigenvalue weighted by atomic mass is 16.2. The molecule has 0 aliphatic carbocycles. The van der Waals surface area contributed by atoms with Gasteiger partial charge in [-0.1, -0.05) is 67.6 Å². The maximum atomic E-state index is 12.5. The first kappa shape index (κ1) is 18.2. The lowest BCUT2D eigenvalue weighted by atomic mass is 10.1. The summed E-state index contributed by atoms with van der Waals surface area (Å²) in [4.78, 5) is 16.8. The van der Waals surface area contributed by atoms with Crippen molar-refractivity contribution in [3.8, 4) is 0 Å². The Balaban J connectivity index is 1.46. The highest BCUT2D eigenvalue weighted by Crippen LogP contribution is 2.16. The molecule has 0 unspecified atom stereocenters. The number of urea groups is 1. The lowest BCUT2D eigenvalue weighted by Gasteiger charge is -2.34. The van der Waals surface area contributed by atoms with Crippen molar-refractivity contribution < 1.29 is 4.79 Å². The highest BCUT2D eigenvalue weighted by molar-refractivity contribution is 5.90. The van der Waals surface area contributed by atoms with Crippen LogP contribution in [-0.4, -0.2) is 48.6 Å². The van der Waals surface area contributed by atoms with Gasteiger partial charge in [0.1, 0.15) is 0 Å². The van der Waals surface area contributed by atoms with Crippen molar-refractivity contribution >= 4 is 17.8 Å². The van der Waals surface area contributed by atoms with Gasteiger partial charge in [-0.05, 0) is 23.6 Å². The van der Waals surface area contributed by atoms with Gasteiger partial charge in [0.2, 0.25) is 0 Å². The summed E-state index contributed by atoms with van der Waals surface area (Å²) in [5, 5.41) is 3.07. The zero-order valence-electron chi connectivity index (χ0n) is 15.4. The molecule has 2 aromatic carbocycles. The van der Waals surface area contributed by atoms with E-state index in [9.17, 15) is 4.79 Å². The Labute approximate surface area is 156 Å². The summed E-state index contributed by atoms with van der Waals surface area (Å²) in [5.41, 5.74) is 3.32. The Morgan fingerprint density at radius 1 is 1.00 bits per heavy atom. The minimum absolute atomic E-state index is 0.00498. The lowest BCUT2D eigenvalue weighted by molar-refractivity contribution is 0.156. The van der Waals surface area contributed by atoms with E-state index in [0.717, 1.165) is 44.8 Å². The van der Waals surface area contributed by atoms with Gasteiger partial charge in [-0.2, -0.15) is 0 Å². The number of nitrogens with zero attached hydrogens (tertiary/aromatic N) is 2. The van der Waals surface area contributed by atoms with Crippen LogP contribution in [0.3, 0.4) is 0 Å². The molecule has 0 atom stereocenters. The number of nitrogens with one attached hydrogen (secondary N) is 1. The molecule has 1 aliphatic heterocycles. The third-order valence-electron chi connectivity index (χ3n) is 4.77. The van der Waals surface area contributed by atoms with Crippen molar-refractivity contribution in [3.63, 3.8) is 0 Å². The van der Waals surface area contributed by atoms with Crippen LogP contribution >= 0.6 is 0 Å². The fraction of sp³-hybridized carbons (Fsp3) is 0.318. The number of aryl methyl sites for hydroxylation is 1. The van der Waals surface area contributed by atoms with E-state index in [4.69, 9.17) is 0 Å². The van der Waals surface area contributed by atoms with Gasteiger partial charge < -0.3 is 10.2 Å². The number of carbonyl (C=O) groups is 1. The van der Waals surface area contributed by atoms with Crippen molar-refractivity contribution in [1.82, 2.24) is 9.80 Å². The molecule has 1 fully saturated rings. The van der Waals surface area contributed by atoms with E-state index in [0.29, 0.717) is 0 Å². The van der Waals surface area contributed by atoms with Crippen LogP contribution in [-0.2, 0) is 6.42 Å². The summed E-state index contributed by atoms with van der Waals surface area (Å²) in [5.74, 6) is 0. The second-order valence-electron chi connectivity index (χ2n) is 6.54. The minimum atomic E-state index is 0.00498. The molecule has 4 nitrogen and oxygen atoms in total. The van der Waals surface area contributed by atoms with Crippen LogP contribution in [0.15, 0.2) is 60.7 Å². The molecule has 0 radical (unpaired) electrons. The first-order valence-electron chi connectivity index (χ1n) is 9.34. The van der Waals surface area contributed by atoms with Crippen LogP contribution in [0.2, 0.25) is 0 Å². The van der Waals surface area contributed by atoms with Crippen molar-refractivity contribution in [2.45, 2.75) is 13.3 Å². The molecule has 1 heterocycles. The number of hydrogen-bond acceptors (Lipinski definition) is 2. The predicted molar refractivity (Wildman–Crippen MR) is 108 cm³/mol. The summed E-state index contributed by atoms with van der Waals surface area (Å²) in [6.07, 6.45) is 5.27. The Kier molecular flexibility index (Phi) is 6.45. The van der Waals surface area contributed by atoms with Gasteiger partial charge in [-0.15, -0.1) is 0 Å². The van der Waals surface area contributed by atoms with E-state index in [1.165, 1.54) is 11.1 Å². The first-order chi connectivity index (χ1) is 12.8. The van der Waals surface area contributed by atoms with Gasteiger partial charge in [-0.3, -0.25) is 4.90 Å².